The van der Waals surface area contributed by atoms with Crippen molar-refractivity contribution in [3.05, 3.63) is 81.9 Å². The summed E-state index contributed by atoms with van der Waals surface area (Å²) in [7, 11) is 1.86. The van der Waals surface area contributed by atoms with E-state index in [-0.39, 0.29) is 11.6 Å². The van der Waals surface area contributed by atoms with Crippen LogP contribution in [-0.4, -0.2) is 43.4 Å². The van der Waals surface area contributed by atoms with Crippen LogP contribution in [-0.2, 0) is 6.54 Å². The molecule has 0 saturated heterocycles. The van der Waals surface area contributed by atoms with Crippen molar-refractivity contribution in [1.82, 2.24) is 24.4 Å². The number of carbonyl (C=O) groups is 1. The quantitative estimate of drug-likeness (QED) is 0.486. The fraction of sp³-hybridized carbons (Fsp3) is 0.308. The number of carbonyl (C=O) groups excluding carboxylic acids is 1. The molecule has 2 aromatic carbocycles. The summed E-state index contributed by atoms with van der Waals surface area (Å²) in [5.41, 5.74) is 4.65. The lowest BCUT2D eigenvalue weighted by Crippen LogP contribution is -2.28. The summed E-state index contributed by atoms with van der Waals surface area (Å²) in [6.07, 6.45) is 3.83. The molecule has 0 bridgehead atoms. The Hall–Kier alpha value is -3.74. The van der Waals surface area contributed by atoms with Crippen LogP contribution in [0.2, 0.25) is 0 Å². The van der Waals surface area contributed by atoms with E-state index in [1.807, 2.05) is 54.4 Å². The van der Waals surface area contributed by atoms with Crippen LogP contribution in [0, 0.1) is 0 Å². The van der Waals surface area contributed by atoms with E-state index in [0.29, 0.717) is 41.1 Å². The fourth-order valence-electron chi connectivity index (χ4n) is 4.19. The molecule has 1 saturated carbocycles. The molecule has 5 rings (SSSR count). The predicted molar refractivity (Wildman–Crippen MR) is 128 cm³/mol. The summed E-state index contributed by atoms with van der Waals surface area (Å²) in [4.78, 5) is 39.2. The summed E-state index contributed by atoms with van der Waals surface area (Å²) < 4.78 is 1.62. The Bertz CT molecular complexity index is 1380. The van der Waals surface area contributed by atoms with Gasteiger partial charge in [0.15, 0.2) is 11.5 Å². The van der Waals surface area contributed by atoms with Gasteiger partial charge in [-0.25, -0.2) is 14.8 Å². The molecule has 33 heavy (non-hydrogen) atoms. The first-order valence-electron chi connectivity index (χ1n) is 11.3. The summed E-state index contributed by atoms with van der Waals surface area (Å²) in [5.74, 6) is 0.965. The van der Waals surface area contributed by atoms with Gasteiger partial charge in [-0.3, -0.25) is 9.36 Å². The second-order valence-corrected chi connectivity index (χ2v) is 9.03. The number of imidazole rings is 1. The Kier molecular flexibility index (Phi) is 5.32. The van der Waals surface area contributed by atoms with Crippen molar-refractivity contribution in [3.8, 4) is 11.4 Å². The molecule has 1 amide bonds. The van der Waals surface area contributed by atoms with Crippen molar-refractivity contribution < 1.29 is 4.79 Å². The molecule has 7 heteroatoms. The number of benzene rings is 2. The average molecular weight is 442 g/mol. The minimum absolute atomic E-state index is 0.0366. The summed E-state index contributed by atoms with van der Waals surface area (Å²) in [6.45, 7) is 4.63. The number of nitrogens with one attached hydrogen (secondary N) is 1. The monoisotopic (exact) mass is 441 g/mol. The molecule has 0 unspecified atom stereocenters. The molecule has 7 nitrogen and oxygen atoms in total. The van der Waals surface area contributed by atoms with Crippen LogP contribution in [0.4, 0.5) is 0 Å². The molecular formula is C26H27N5O2. The molecule has 0 atom stereocenters. The number of hydrogen-bond acceptors (Lipinski definition) is 4. The number of fused-ring (bicyclic) bond motifs is 1. The molecule has 1 aliphatic rings. The lowest BCUT2D eigenvalue weighted by molar-refractivity contribution is 0.0785. The number of nitrogens with zero attached hydrogens (tertiary/aromatic N) is 4. The second-order valence-electron chi connectivity index (χ2n) is 9.03. The minimum Gasteiger partial charge on any atom is -0.339 e. The number of aromatic nitrogens is 4. The van der Waals surface area contributed by atoms with Crippen molar-refractivity contribution in [2.75, 3.05) is 7.05 Å². The summed E-state index contributed by atoms with van der Waals surface area (Å²) in [5, 5.41) is 0. The van der Waals surface area contributed by atoms with Gasteiger partial charge in [0.25, 0.3) is 5.91 Å². The van der Waals surface area contributed by atoms with Crippen LogP contribution >= 0.6 is 0 Å². The van der Waals surface area contributed by atoms with Gasteiger partial charge in [0.2, 0.25) is 0 Å². The molecule has 1 fully saturated rings. The van der Waals surface area contributed by atoms with E-state index < -0.39 is 0 Å². The number of hydrogen-bond donors (Lipinski definition) is 1. The largest absolute Gasteiger partial charge is 0.339 e. The SMILES string of the molecule is CC(C)c1ccccc1-c1ncc2[nH]c(=O)n(Cc3ccc(C(=O)N(C)C4CC4)cc3)c2n1. The van der Waals surface area contributed by atoms with Gasteiger partial charge in [0.1, 0.15) is 5.52 Å². The second kappa shape index (κ2) is 8.31. The Balaban J connectivity index is 1.46. The molecule has 4 aromatic rings. The Labute approximate surface area is 192 Å². The van der Waals surface area contributed by atoms with Crippen LogP contribution in [0.1, 0.15) is 54.1 Å². The molecular weight excluding hydrogens is 414 g/mol. The Morgan fingerprint density at radius 3 is 2.58 bits per heavy atom. The maximum Gasteiger partial charge on any atom is 0.328 e. The molecule has 1 aliphatic carbocycles. The smallest absolute Gasteiger partial charge is 0.328 e. The maximum absolute atomic E-state index is 12.7. The van der Waals surface area contributed by atoms with E-state index in [1.165, 1.54) is 0 Å². The third kappa shape index (κ3) is 4.06. The predicted octanol–water partition coefficient (Wildman–Crippen LogP) is 4.19. The highest BCUT2D eigenvalue weighted by atomic mass is 16.2. The molecule has 2 aromatic heterocycles. The van der Waals surface area contributed by atoms with Gasteiger partial charge in [0, 0.05) is 24.2 Å². The van der Waals surface area contributed by atoms with E-state index in [0.717, 1.165) is 29.5 Å². The van der Waals surface area contributed by atoms with Crippen LogP contribution in [0.15, 0.2) is 59.5 Å². The highest BCUT2D eigenvalue weighted by Crippen LogP contribution is 2.28. The molecule has 2 heterocycles. The normalized spacial score (nSPS) is 13.6. The van der Waals surface area contributed by atoms with Crippen molar-refractivity contribution in [3.63, 3.8) is 0 Å². The Morgan fingerprint density at radius 2 is 1.88 bits per heavy atom. The van der Waals surface area contributed by atoms with Crippen LogP contribution in [0.25, 0.3) is 22.6 Å². The topological polar surface area (TPSA) is 83.9 Å². The highest BCUT2D eigenvalue weighted by Gasteiger charge is 2.30. The van der Waals surface area contributed by atoms with Gasteiger partial charge >= 0.3 is 5.69 Å². The number of H-pyrrole nitrogens is 1. The van der Waals surface area contributed by atoms with Crippen molar-refractivity contribution in [1.29, 1.82) is 0 Å². The van der Waals surface area contributed by atoms with E-state index in [2.05, 4.69) is 29.9 Å². The molecule has 1 N–H and O–H groups in total. The van der Waals surface area contributed by atoms with E-state index in [9.17, 15) is 9.59 Å². The third-order valence-corrected chi connectivity index (χ3v) is 6.29. The van der Waals surface area contributed by atoms with Crippen molar-refractivity contribution in [2.45, 2.75) is 45.2 Å². The van der Waals surface area contributed by atoms with Crippen LogP contribution in [0.3, 0.4) is 0 Å². The Morgan fingerprint density at radius 1 is 1.15 bits per heavy atom. The third-order valence-electron chi connectivity index (χ3n) is 6.29. The number of aromatic amines is 1. The molecule has 0 radical (unpaired) electrons. The van der Waals surface area contributed by atoms with E-state index >= 15 is 0 Å². The zero-order chi connectivity index (χ0) is 23.1. The van der Waals surface area contributed by atoms with Gasteiger partial charge in [-0.2, -0.15) is 0 Å². The van der Waals surface area contributed by atoms with E-state index in [4.69, 9.17) is 4.98 Å². The standard InChI is InChI=1S/C26H27N5O2/c1-16(2)20-6-4-5-7-21(20)23-27-14-22-24(29-23)31(26(33)28-22)15-17-8-10-18(11-9-17)25(32)30(3)19-12-13-19/h4-11,14,16,19H,12-13,15H2,1-3H3,(H,28,33). The van der Waals surface area contributed by atoms with Gasteiger partial charge in [-0.1, -0.05) is 50.2 Å². The number of amides is 1. The minimum atomic E-state index is -0.234. The zero-order valence-electron chi connectivity index (χ0n) is 19.1. The van der Waals surface area contributed by atoms with Gasteiger partial charge in [-0.15, -0.1) is 0 Å². The lowest BCUT2D eigenvalue weighted by atomic mass is 9.97. The van der Waals surface area contributed by atoms with Crippen LogP contribution in [0.5, 0.6) is 0 Å². The summed E-state index contributed by atoms with van der Waals surface area (Å²) >= 11 is 0. The van der Waals surface area contributed by atoms with Gasteiger partial charge < -0.3 is 9.88 Å². The van der Waals surface area contributed by atoms with Gasteiger partial charge in [-0.05, 0) is 42.0 Å². The van der Waals surface area contributed by atoms with Gasteiger partial charge in [0.05, 0.1) is 12.7 Å². The maximum atomic E-state index is 12.7. The zero-order valence-corrected chi connectivity index (χ0v) is 19.1. The molecule has 0 spiro atoms. The average Bonchev–Trinajstić information content (AvgIpc) is 3.63. The first-order chi connectivity index (χ1) is 15.9. The summed E-state index contributed by atoms with van der Waals surface area (Å²) in [6, 6.07) is 15.9. The highest BCUT2D eigenvalue weighted by molar-refractivity contribution is 5.94. The fourth-order valence-corrected chi connectivity index (χ4v) is 4.19. The van der Waals surface area contributed by atoms with Crippen LogP contribution < -0.4 is 5.69 Å². The first-order valence-corrected chi connectivity index (χ1v) is 11.3. The van der Waals surface area contributed by atoms with Crippen molar-refractivity contribution in [2.24, 2.45) is 0 Å². The molecule has 0 aliphatic heterocycles. The number of rotatable bonds is 6. The molecule has 168 valence electrons. The first kappa shape index (κ1) is 21.1. The van der Waals surface area contributed by atoms with Crippen molar-refractivity contribution >= 4 is 17.1 Å². The van der Waals surface area contributed by atoms with E-state index in [1.54, 1.807) is 10.8 Å². The lowest BCUT2D eigenvalue weighted by Gasteiger charge is -2.16.